The van der Waals surface area contributed by atoms with Gasteiger partial charge in [-0.3, -0.25) is 0 Å². The molecule has 1 unspecified atom stereocenters. The van der Waals surface area contributed by atoms with Crippen molar-refractivity contribution in [1.29, 1.82) is 0 Å². The molecule has 1 aromatic carbocycles. The maximum atomic E-state index is 13.6. The van der Waals surface area contributed by atoms with Gasteiger partial charge in [-0.05, 0) is 49.4 Å². The van der Waals surface area contributed by atoms with Gasteiger partial charge in [-0.2, -0.15) is 0 Å². The van der Waals surface area contributed by atoms with Crippen LogP contribution in [0.1, 0.15) is 63.6 Å². The van der Waals surface area contributed by atoms with Crippen molar-refractivity contribution in [2.24, 2.45) is 5.92 Å². The topological polar surface area (TPSA) is 12.0 Å². The predicted octanol–water partition coefficient (Wildman–Crippen LogP) is 5.65. The van der Waals surface area contributed by atoms with Gasteiger partial charge in [-0.15, -0.1) is 0 Å². The van der Waals surface area contributed by atoms with Gasteiger partial charge in [0, 0.05) is 11.1 Å². The van der Waals surface area contributed by atoms with Crippen molar-refractivity contribution >= 4 is 11.6 Å². The molecule has 0 spiro atoms. The molecule has 0 aliphatic rings. The fourth-order valence-electron chi connectivity index (χ4n) is 2.89. The zero-order chi connectivity index (χ0) is 15.1. The Balaban J connectivity index is 3.13. The summed E-state index contributed by atoms with van der Waals surface area (Å²) >= 11 is 6.30. The third-order valence-corrected chi connectivity index (χ3v) is 4.15. The van der Waals surface area contributed by atoms with E-state index in [0.717, 1.165) is 37.8 Å². The maximum absolute atomic E-state index is 13.6. The second-order valence-electron chi connectivity index (χ2n) is 5.50. The molecular weight excluding hydrogens is 273 g/mol. The first-order valence-electron chi connectivity index (χ1n) is 7.73. The molecule has 1 atom stereocenters. The SMILES string of the molecule is CCCC(CCC)C(NCC)c1cc(C)c(F)cc1Cl. The lowest BCUT2D eigenvalue weighted by atomic mass is 9.85. The van der Waals surface area contributed by atoms with Crippen LogP contribution in [-0.4, -0.2) is 6.54 Å². The second-order valence-corrected chi connectivity index (χ2v) is 5.90. The molecule has 0 bridgehead atoms. The molecule has 0 fully saturated rings. The quantitative estimate of drug-likeness (QED) is 0.653. The lowest BCUT2D eigenvalue weighted by molar-refractivity contribution is 0.320. The van der Waals surface area contributed by atoms with E-state index in [-0.39, 0.29) is 11.9 Å². The van der Waals surface area contributed by atoms with Crippen LogP contribution in [0.5, 0.6) is 0 Å². The highest BCUT2D eigenvalue weighted by molar-refractivity contribution is 6.31. The number of halogens is 2. The number of aryl methyl sites for hydroxylation is 1. The van der Waals surface area contributed by atoms with E-state index in [1.54, 1.807) is 6.92 Å². The van der Waals surface area contributed by atoms with Crippen LogP contribution in [0.3, 0.4) is 0 Å². The summed E-state index contributed by atoms with van der Waals surface area (Å²) in [5, 5.41) is 4.09. The van der Waals surface area contributed by atoms with Crippen LogP contribution in [0.4, 0.5) is 4.39 Å². The number of benzene rings is 1. The van der Waals surface area contributed by atoms with Gasteiger partial charge in [0.2, 0.25) is 0 Å². The van der Waals surface area contributed by atoms with Gasteiger partial charge in [-0.1, -0.05) is 51.3 Å². The summed E-state index contributed by atoms with van der Waals surface area (Å²) in [7, 11) is 0. The molecule has 0 aromatic heterocycles. The van der Waals surface area contributed by atoms with Crippen LogP contribution in [0, 0.1) is 18.7 Å². The molecule has 0 aliphatic carbocycles. The first-order chi connectivity index (χ1) is 9.54. The smallest absolute Gasteiger partial charge is 0.127 e. The summed E-state index contributed by atoms with van der Waals surface area (Å²) in [4.78, 5) is 0. The van der Waals surface area contributed by atoms with Gasteiger partial charge in [0.05, 0.1) is 0 Å². The third kappa shape index (κ3) is 4.46. The molecule has 0 heterocycles. The van der Waals surface area contributed by atoms with E-state index in [9.17, 15) is 4.39 Å². The molecule has 1 aromatic rings. The normalized spacial score (nSPS) is 12.9. The van der Waals surface area contributed by atoms with Crippen molar-refractivity contribution in [3.05, 3.63) is 34.1 Å². The molecule has 0 saturated carbocycles. The lowest BCUT2D eigenvalue weighted by Gasteiger charge is -2.29. The van der Waals surface area contributed by atoms with Crippen molar-refractivity contribution in [3.63, 3.8) is 0 Å². The molecular formula is C17H27ClFN. The summed E-state index contributed by atoms with van der Waals surface area (Å²) < 4.78 is 13.6. The van der Waals surface area contributed by atoms with Gasteiger partial charge < -0.3 is 5.32 Å². The largest absolute Gasteiger partial charge is 0.310 e. The van der Waals surface area contributed by atoms with Crippen LogP contribution < -0.4 is 5.32 Å². The average molecular weight is 300 g/mol. The van der Waals surface area contributed by atoms with Gasteiger partial charge >= 0.3 is 0 Å². The zero-order valence-corrected chi connectivity index (χ0v) is 13.9. The zero-order valence-electron chi connectivity index (χ0n) is 13.1. The molecule has 0 radical (unpaired) electrons. The van der Waals surface area contributed by atoms with E-state index in [2.05, 4.69) is 26.1 Å². The van der Waals surface area contributed by atoms with Crippen LogP contribution in [0.2, 0.25) is 5.02 Å². The number of hydrogen-bond donors (Lipinski definition) is 1. The fraction of sp³-hybridized carbons (Fsp3) is 0.647. The maximum Gasteiger partial charge on any atom is 0.127 e. The highest BCUT2D eigenvalue weighted by Crippen LogP contribution is 2.34. The minimum absolute atomic E-state index is 0.215. The molecule has 1 nitrogen and oxygen atoms in total. The molecule has 0 saturated heterocycles. The van der Waals surface area contributed by atoms with Gasteiger partial charge in [0.15, 0.2) is 0 Å². The Kier molecular flexibility index (Phi) is 7.53. The number of hydrogen-bond acceptors (Lipinski definition) is 1. The van der Waals surface area contributed by atoms with E-state index in [1.165, 1.54) is 6.07 Å². The highest BCUT2D eigenvalue weighted by atomic mass is 35.5. The van der Waals surface area contributed by atoms with Gasteiger partial charge in [0.1, 0.15) is 5.82 Å². The molecule has 3 heteroatoms. The van der Waals surface area contributed by atoms with Gasteiger partial charge in [0.25, 0.3) is 0 Å². The molecule has 114 valence electrons. The van der Waals surface area contributed by atoms with Crippen LogP contribution in [0.25, 0.3) is 0 Å². The first-order valence-corrected chi connectivity index (χ1v) is 8.11. The van der Waals surface area contributed by atoms with Crippen molar-refractivity contribution in [2.75, 3.05) is 6.54 Å². The Morgan fingerprint density at radius 3 is 2.25 bits per heavy atom. The minimum Gasteiger partial charge on any atom is -0.310 e. The van der Waals surface area contributed by atoms with Crippen molar-refractivity contribution < 1.29 is 4.39 Å². The average Bonchev–Trinajstić information content (AvgIpc) is 2.40. The van der Waals surface area contributed by atoms with Crippen LogP contribution >= 0.6 is 11.6 Å². The third-order valence-electron chi connectivity index (χ3n) is 3.83. The summed E-state index contributed by atoms with van der Waals surface area (Å²) in [5.41, 5.74) is 1.71. The fourth-order valence-corrected chi connectivity index (χ4v) is 3.16. The Morgan fingerprint density at radius 2 is 1.75 bits per heavy atom. The highest BCUT2D eigenvalue weighted by Gasteiger charge is 2.24. The molecule has 1 N–H and O–H groups in total. The van der Waals surface area contributed by atoms with Crippen LogP contribution in [0.15, 0.2) is 12.1 Å². The van der Waals surface area contributed by atoms with Crippen molar-refractivity contribution in [1.82, 2.24) is 5.32 Å². The van der Waals surface area contributed by atoms with Crippen LogP contribution in [-0.2, 0) is 0 Å². The van der Waals surface area contributed by atoms with E-state index < -0.39 is 0 Å². The Bertz CT molecular complexity index is 414. The second kappa shape index (κ2) is 8.63. The number of nitrogens with one attached hydrogen (secondary N) is 1. The van der Waals surface area contributed by atoms with Gasteiger partial charge in [-0.25, -0.2) is 4.39 Å². The Hall–Kier alpha value is -0.600. The molecule has 0 amide bonds. The summed E-state index contributed by atoms with van der Waals surface area (Å²) in [6.45, 7) is 9.22. The molecule has 1 rings (SSSR count). The lowest BCUT2D eigenvalue weighted by Crippen LogP contribution is -2.28. The monoisotopic (exact) mass is 299 g/mol. The van der Waals surface area contributed by atoms with E-state index in [4.69, 9.17) is 11.6 Å². The van der Waals surface area contributed by atoms with E-state index in [0.29, 0.717) is 16.5 Å². The summed E-state index contributed by atoms with van der Waals surface area (Å²) in [5.74, 6) is 0.323. The van der Waals surface area contributed by atoms with Crippen molar-refractivity contribution in [2.45, 2.75) is 59.4 Å². The minimum atomic E-state index is -0.225. The number of rotatable bonds is 8. The van der Waals surface area contributed by atoms with E-state index >= 15 is 0 Å². The Labute approximate surface area is 127 Å². The predicted molar refractivity (Wildman–Crippen MR) is 85.9 cm³/mol. The molecule has 0 aliphatic heterocycles. The van der Waals surface area contributed by atoms with Crippen molar-refractivity contribution in [3.8, 4) is 0 Å². The molecule has 20 heavy (non-hydrogen) atoms. The standard InChI is InChI=1S/C17H27ClFN/c1-5-8-13(9-6-2)17(20-7-3)14-10-12(4)16(19)11-15(14)18/h10-11,13,17,20H,5-9H2,1-4H3. The summed E-state index contributed by atoms with van der Waals surface area (Å²) in [6, 6.07) is 3.57. The summed E-state index contributed by atoms with van der Waals surface area (Å²) in [6.07, 6.45) is 4.64. The Morgan fingerprint density at radius 1 is 1.15 bits per heavy atom. The first kappa shape index (κ1) is 17.5. The van der Waals surface area contributed by atoms with E-state index in [1.807, 2.05) is 6.07 Å².